The van der Waals surface area contributed by atoms with E-state index in [1.807, 2.05) is 13.8 Å². The van der Waals surface area contributed by atoms with E-state index in [1.54, 1.807) is 24.3 Å². The maximum Gasteiger partial charge on any atom is 0.269 e. The van der Waals surface area contributed by atoms with Crippen LogP contribution in [0.2, 0.25) is 0 Å². The summed E-state index contributed by atoms with van der Waals surface area (Å²) in [6.07, 6.45) is 0.378. The maximum absolute atomic E-state index is 10.6. The van der Waals surface area contributed by atoms with Crippen molar-refractivity contribution in [3.05, 3.63) is 34.4 Å². The summed E-state index contributed by atoms with van der Waals surface area (Å²) in [5, 5.41) is 10.6. The molecule has 92 valence electrons. The van der Waals surface area contributed by atoms with Crippen molar-refractivity contribution in [2.45, 2.75) is 26.1 Å². The summed E-state index contributed by atoms with van der Waals surface area (Å²) in [5.74, 6) is 0. The summed E-state index contributed by atoms with van der Waals surface area (Å²) >= 11 is 0. The van der Waals surface area contributed by atoms with Gasteiger partial charge in [-0.05, 0) is 26.0 Å². The fourth-order valence-electron chi connectivity index (χ4n) is 2.17. The zero-order valence-corrected chi connectivity index (χ0v) is 10.00. The van der Waals surface area contributed by atoms with Gasteiger partial charge in [-0.25, -0.2) is 0 Å². The van der Waals surface area contributed by atoms with Crippen molar-refractivity contribution in [3.8, 4) is 0 Å². The van der Waals surface area contributed by atoms with E-state index in [2.05, 4.69) is 4.90 Å². The summed E-state index contributed by atoms with van der Waals surface area (Å²) < 4.78 is 5.65. The van der Waals surface area contributed by atoms with Gasteiger partial charge in [-0.2, -0.15) is 0 Å². The van der Waals surface area contributed by atoms with Crippen LogP contribution in [0.1, 0.15) is 13.8 Å². The third-order valence-corrected chi connectivity index (χ3v) is 2.85. The monoisotopic (exact) mass is 236 g/mol. The number of morpholine rings is 1. The molecule has 1 heterocycles. The maximum atomic E-state index is 10.6. The largest absolute Gasteiger partial charge is 0.372 e. The van der Waals surface area contributed by atoms with Gasteiger partial charge in [0.2, 0.25) is 0 Å². The highest BCUT2D eigenvalue weighted by Gasteiger charge is 2.22. The zero-order chi connectivity index (χ0) is 12.4. The fourth-order valence-corrected chi connectivity index (χ4v) is 2.17. The third kappa shape index (κ3) is 2.74. The first kappa shape index (κ1) is 11.9. The molecule has 0 saturated carbocycles. The molecule has 1 fully saturated rings. The molecule has 0 unspecified atom stereocenters. The average molecular weight is 236 g/mol. The van der Waals surface area contributed by atoms with E-state index in [4.69, 9.17) is 4.74 Å². The summed E-state index contributed by atoms with van der Waals surface area (Å²) in [6, 6.07) is 6.67. The van der Waals surface area contributed by atoms with Crippen molar-refractivity contribution in [1.82, 2.24) is 0 Å². The van der Waals surface area contributed by atoms with Gasteiger partial charge in [0.15, 0.2) is 0 Å². The first-order valence-corrected chi connectivity index (χ1v) is 5.71. The van der Waals surface area contributed by atoms with Gasteiger partial charge >= 0.3 is 0 Å². The van der Waals surface area contributed by atoms with E-state index < -0.39 is 0 Å². The van der Waals surface area contributed by atoms with Crippen molar-refractivity contribution in [1.29, 1.82) is 0 Å². The molecule has 2 rings (SSSR count). The van der Waals surface area contributed by atoms with Crippen LogP contribution < -0.4 is 4.90 Å². The van der Waals surface area contributed by atoms with Crippen LogP contribution in [0.25, 0.3) is 0 Å². The standard InChI is InChI=1S/C12H16N2O3/c1-9-7-13(8-10(2)17-9)11-3-5-12(6-4-11)14(15)16/h3-6,9-10H,7-8H2,1-2H3/t9-,10-/m0/s1. The normalized spacial score (nSPS) is 24.7. The molecule has 2 atom stereocenters. The number of nitro groups is 1. The van der Waals surface area contributed by atoms with Crippen molar-refractivity contribution in [2.24, 2.45) is 0 Å². The Balaban J connectivity index is 2.14. The highest BCUT2D eigenvalue weighted by molar-refractivity contribution is 5.51. The molecule has 1 saturated heterocycles. The lowest BCUT2D eigenvalue weighted by Gasteiger charge is -2.36. The van der Waals surface area contributed by atoms with Crippen molar-refractivity contribution >= 4 is 11.4 Å². The van der Waals surface area contributed by atoms with Crippen LogP contribution in [-0.2, 0) is 4.74 Å². The van der Waals surface area contributed by atoms with E-state index in [1.165, 1.54) is 0 Å². The molecule has 5 nitrogen and oxygen atoms in total. The van der Waals surface area contributed by atoms with Crippen molar-refractivity contribution in [3.63, 3.8) is 0 Å². The number of nitrogens with zero attached hydrogens (tertiary/aromatic N) is 2. The summed E-state index contributed by atoms with van der Waals surface area (Å²) in [7, 11) is 0. The minimum Gasteiger partial charge on any atom is -0.372 e. The molecule has 1 aromatic carbocycles. The predicted octanol–water partition coefficient (Wildman–Crippen LogP) is 2.21. The van der Waals surface area contributed by atoms with Gasteiger partial charge in [0.05, 0.1) is 17.1 Å². The molecular formula is C12H16N2O3. The van der Waals surface area contributed by atoms with Crippen LogP contribution in [-0.4, -0.2) is 30.2 Å². The Morgan fingerprint density at radius 3 is 2.24 bits per heavy atom. The van der Waals surface area contributed by atoms with Crippen LogP contribution in [0.15, 0.2) is 24.3 Å². The second-order valence-electron chi connectivity index (χ2n) is 4.44. The molecule has 0 amide bonds. The predicted molar refractivity (Wildman–Crippen MR) is 65.3 cm³/mol. The van der Waals surface area contributed by atoms with Crippen LogP contribution >= 0.6 is 0 Å². The Morgan fingerprint density at radius 2 is 1.76 bits per heavy atom. The number of non-ortho nitro benzene ring substituents is 1. The number of rotatable bonds is 2. The Hall–Kier alpha value is -1.62. The number of nitro benzene ring substituents is 1. The molecule has 0 spiro atoms. The Kier molecular flexibility index (Phi) is 3.28. The van der Waals surface area contributed by atoms with Gasteiger partial charge in [0, 0.05) is 30.9 Å². The smallest absolute Gasteiger partial charge is 0.269 e. The molecule has 0 aromatic heterocycles. The van der Waals surface area contributed by atoms with Gasteiger partial charge in [0.25, 0.3) is 5.69 Å². The molecule has 0 radical (unpaired) electrons. The van der Waals surface area contributed by atoms with Crippen LogP contribution in [0.4, 0.5) is 11.4 Å². The van der Waals surface area contributed by atoms with E-state index in [9.17, 15) is 10.1 Å². The van der Waals surface area contributed by atoms with Crippen LogP contribution in [0, 0.1) is 10.1 Å². The SMILES string of the molecule is C[C@H]1CN(c2ccc([N+](=O)[O-])cc2)C[C@H](C)O1. The first-order valence-electron chi connectivity index (χ1n) is 5.71. The molecule has 0 bridgehead atoms. The lowest BCUT2D eigenvalue weighted by atomic mass is 10.2. The molecule has 1 aliphatic rings. The fraction of sp³-hybridized carbons (Fsp3) is 0.500. The number of benzene rings is 1. The molecule has 17 heavy (non-hydrogen) atoms. The van der Waals surface area contributed by atoms with E-state index in [-0.39, 0.29) is 22.8 Å². The molecule has 1 aliphatic heterocycles. The minimum atomic E-state index is -0.381. The number of hydrogen-bond acceptors (Lipinski definition) is 4. The van der Waals surface area contributed by atoms with Crippen LogP contribution in [0.3, 0.4) is 0 Å². The summed E-state index contributed by atoms with van der Waals surface area (Å²) in [5.41, 5.74) is 1.14. The first-order chi connectivity index (χ1) is 8.06. The molecule has 5 heteroatoms. The lowest BCUT2D eigenvalue weighted by Crippen LogP contribution is -2.45. The second kappa shape index (κ2) is 4.71. The molecule has 0 N–H and O–H groups in total. The highest BCUT2D eigenvalue weighted by Crippen LogP contribution is 2.22. The number of hydrogen-bond donors (Lipinski definition) is 0. The second-order valence-corrected chi connectivity index (χ2v) is 4.44. The minimum absolute atomic E-state index is 0.128. The van der Waals surface area contributed by atoms with E-state index in [0.29, 0.717) is 0 Å². The number of anilines is 1. The summed E-state index contributed by atoms with van der Waals surface area (Å²) in [6.45, 7) is 5.71. The van der Waals surface area contributed by atoms with Crippen LogP contribution in [0.5, 0.6) is 0 Å². The van der Waals surface area contributed by atoms with Gasteiger partial charge in [0.1, 0.15) is 0 Å². The van der Waals surface area contributed by atoms with Gasteiger partial charge in [-0.15, -0.1) is 0 Å². The van der Waals surface area contributed by atoms with Crippen molar-refractivity contribution < 1.29 is 9.66 Å². The average Bonchev–Trinajstić information content (AvgIpc) is 2.28. The zero-order valence-electron chi connectivity index (χ0n) is 10.00. The Labute approximate surface area is 100 Å². The highest BCUT2D eigenvalue weighted by atomic mass is 16.6. The topological polar surface area (TPSA) is 55.6 Å². The van der Waals surface area contributed by atoms with Crippen molar-refractivity contribution in [2.75, 3.05) is 18.0 Å². The molecule has 1 aromatic rings. The van der Waals surface area contributed by atoms with Gasteiger partial charge in [-0.3, -0.25) is 10.1 Å². The Morgan fingerprint density at radius 1 is 1.24 bits per heavy atom. The Bertz CT molecular complexity index is 395. The number of ether oxygens (including phenoxy) is 1. The van der Waals surface area contributed by atoms with Gasteiger partial charge < -0.3 is 9.64 Å². The molecular weight excluding hydrogens is 220 g/mol. The molecule has 0 aliphatic carbocycles. The third-order valence-electron chi connectivity index (χ3n) is 2.85. The van der Waals surface area contributed by atoms with Gasteiger partial charge in [-0.1, -0.05) is 0 Å². The quantitative estimate of drug-likeness (QED) is 0.583. The lowest BCUT2D eigenvalue weighted by molar-refractivity contribution is -0.384. The summed E-state index contributed by atoms with van der Waals surface area (Å²) in [4.78, 5) is 12.4. The van der Waals surface area contributed by atoms with E-state index >= 15 is 0 Å². The van der Waals surface area contributed by atoms with E-state index in [0.717, 1.165) is 18.8 Å².